The molecule has 7 nitrogen and oxygen atoms in total. The van der Waals surface area contributed by atoms with Crippen LogP contribution >= 0.6 is 0 Å². The van der Waals surface area contributed by atoms with Gasteiger partial charge >= 0.3 is 5.69 Å². The average molecular weight is 306 g/mol. The minimum Gasteiger partial charge on any atom is -0.376 e. The number of piperidine rings is 1. The fourth-order valence-corrected chi connectivity index (χ4v) is 2.85. The van der Waals surface area contributed by atoms with Crippen LogP contribution < -0.4 is 16.1 Å². The predicted molar refractivity (Wildman–Crippen MR) is 83.1 cm³/mol. The Morgan fingerprint density at radius 2 is 2.05 bits per heavy atom. The second-order valence-electron chi connectivity index (χ2n) is 5.60. The van der Waals surface area contributed by atoms with E-state index in [9.17, 15) is 14.9 Å². The number of anilines is 1. The van der Waals surface area contributed by atoms with Crippen molar-refractivity contribution in [3.63, 3.8) is 0 Å². The van der Waals surface area contributed by atoms with E-state index in [0.29, 0.717) is 25.5 Å². The van der Waals surface area contributed by atoms with Gasteiger partial charge in [0.05, 0.1) is 6.10 Å². The van der Waals surface area contributed by atoms with Gasteiger partial charge in [-0.15, -0.1) is 0 Å². The zero-order valence-electron chi connectivity index (χ0n) is 13.3. The maximum absolute atomic E-state index is 12.2. The summed E-state index contributed by atoms with van der Waals surface area (Å²) in [6, 6.07) is 1.95. The highest BCUT2D eigenvalue weighted by molar-refractivity contribution is 5.53. The lowest BCUT2D eigenvalue weighted by Crippen LogP contribution is -2.46. The Kier molecular flexibility index (Phi) is 5.03. The van der Waals surface area contributed by atoms with Gasteiger partial charge in [-0.25, -0.2) is 4.79 Å². The Bertz CT molecular complexity index is 698. The van der Waals surface area contributed by atoms with E-state index in [1.165, 1.54) is 11.6 Å². The van der Waals surface area contributed by atoms with Crippen LogP contribution in [0.3, 0.4) is 0 Å². The van der Waals surface area contributed by atoms with Gasteiger partial charge in [-0.2, -0.15) is 5.26 Å². The minimum atomic E-state index is -0.544. The number of nitriles is 1. The molecule has 1 aromatic heterocycles. The molecule has 1 fully saturated rings. The van der Waals surface area contributed by atoms with Crippen molar-refractivity contribution in [2.75, 3.05) is 24.6 Å². The molecule has 2 rings (SSSR count). The zero-order valence-corrected chi connectivity index (χ0v) is 13.3. The van der Waals surface area contributed by atoms with E-state index in [-0.39, 0.29) is 11.7 Å². The molecule has 7 heteroatoms. The summed E-state index contributed by atoms with van der Waals surface area (Å²) < 4.78 is 8.13. The van der Waals surface area contributed by atoms with Gasteiger partial charge in [-0.1, -0.05) is 6.92 Å². The Labute approximate surface area is 129 Å². The molecule has 0 aromatic carbocycles. The highest BCUT2D eigenvalue weighted by atomic mass is 16.5. The molecule has 1 saturated heterocycles. The van der Waals surface area contributed by atoms with Gasteiger partial charge in [0.2, 0.25) is 0 Å². The highest BCUT2D eigenvalue weighted by Gasteiger charge is 2.26. The minimum absolute atomic E-state index is 0.0146. The van der Waals surface area contributed by atoms with Crippen LogP contribution in [0.15, 0.2) is 9.59 Å². The van der Waals surface area contributed by atoms with E-state index in [2.05, 4.69) is 6.92 Å². The Hall–Kier alpha value is -2.07. The molecule has 0 bridgehead atoms. The van der Waals surface area contributed by atoms with Crippen molar-refractivity contribution in [2.45, 2.75) is 32.3 Å². The lowest BCUT2D eigenvalue weighted by atomic mass is 10.1. The molecule has 22 heavy (non-hydrogen) atoms. The van der Waals surface area contributed by atoms with Gasteiger partial charge in [0.15, 0.2) is 5.56 Å². The van der Waals surface area contributed by atoms with Crippen LogP contribution in [-0.4, -0.2) is 34.9 Å². The number of aromatic nitrogens is 2. The third-order valence-electron chi connectivity index (χ3n) is 3.98. The molecule has 1 aliphatic rings. The Morgan fingerprint density at radius 3 is 2.68 bits per heavy atom. The maximum atomic E-state index is 12.2. The van der Waals surface area contributed by atoms with Crippen LogP contribution in [0, 0.1) is 11.3 Å². The van der Waals surface area contributed by atoms with E-state index in [0.717, 1.165) is 23.8 Å². The van der Waals surface area contributed by atoms with Crippen LogP contribution in [0.4, 0.5) is 5.82 Å². The van der Waals surface area contributed by atoms with E-state index in [1.54, 1.807) is 7.05 Å². The second-order valence-corrected chi connectivity index (χ2v) is 5.60. The Balaban J connectivity index is 2.42. The molecule has 2 heterocycles. The van der Waals surface area contributed by atoms with E-state index < -0.39 is 11.2 Å². The van der Waals surface area contributed by atoms with Crippen LogP contribution in [-0.2, 0) is 18.8 Å². The summed E-state index contributed by atoms with van der Waals surface area (Å²) in [5.74, 6) is 0.403. The molecule has 0 unspecified atom stereocenters. The first-order valence-corrected chi connectivity index (χ1v) is 7.57. The normalized spacial score (nSPS) is 18.3. The van der Waals surface area contributed by atoms with Crippen LogP contribution in [0.2, 0.25) is 0 Å². The number of nitrogens with zero attached hydrogens (tertiary/aromatic N) is 4. The number of hydrogen-bond acceptors (Lipinski definition) is 5. The molecule has 0 aliphatic carbocycles. The quantitative estimate of drug-likeness (QED) is 0.802. The van der Waals surface area contributed by atoms with Gasteiger partial charge in [-0.05, 0) is 19.3 Å². The highest BCUT2D eigenvalue weighted by Crippen LogP contribution is 2.21. The molecular weight excluding hydrogens is 284 g/mol. The summed E-state index contributed by atoms with van der Waals surface area (Å²) in [4.78, 5) is 26.2. The number of hydrogen-bond donors (Lipinski definition) is 0. The van der Waals surface area contributed by atoms with Crippen molar-refractivity contribution < 1.29 is 4.74 Å². The maximum Gasteiger partial charge on any atom is 0.332 e. The third-order valence-corrected chi connectivity index (χ3v) is 3.98. The average Bonchev–Trinajstić information content (AvgIpc) is 2.54. The second kappa shape index (κ2) is 6.79. The number of ether oxygens (including phenoxy) is 1. The van der Waals surface area contributed by atoms with Gasteiger partial charge in [0, 0.05) is 33.8 Å². The van der Waals surface area contributed by atoms with Crippen LogP contribution in [0.5, 0.6) is 0 Å². The van der Waals surface area contributed by atoms with E-state index in [4.69, 9.17) is 4.74 Å². The zero-order chi connectivity index (χ0) is 16.3. The molecular formula is C15H22N4O3. The van der Waals surface area contributed by atoms with Gasteiger partial charge in [0.1, 0.15) is 11.9 Å². The SMILES string of the molecule is CCCO[C@@H]1CCCN(c2c(C#N)c(=O)n(C)c(=O)n2C)C1. The first kappa shape index (κ1) is 16.3. The Morgan fingerprint density at radius 1 is 1.32 bits per heavy atom. The smallest absolute Gasteiger partial charge is 0.332 e. The van der Waals surface area contributed by atoms with Gasteiger partial charge in [0.25, 0.3) is 5.56 Å². The monoisotopic (exact) mass is 306 g/mol. The first-order chi connectivity index (χ1) is 10.5. The lowest BCUT2D eigenvalue weighted by Gasteiger charge is -2.35. The summed E-state index contributed by atoms with van der Waals surface area (Å²) in [7, 11) is 2.98. The molecule has 120 valence electrons. The van der Waals surface area contributed by atoms with Crippen molar-refractivity contribution in [3.8, 4) is 6.07 Å². The fraction of sp³-hybridized carbons (Fsp3) is 0.667. The third kappa shape index (κ3) is 2.92. The van der Waals surface area contributed by atoms with Crippen molar-refractivity contribution >= 4 is 5.82 Å². The standard InChI is InChI=1S/C15H22N4O3/c1-4-8-22-11-6-5-7-19(10-11)13-12(9-16)14(20)18(3)15(21)17(13)2/h11H,4-8,10H2,1-3H3/t11-/m1/s1. The number of rotatable bonds is 4. The van der Waals surface area contributed by atoms with Gasteiger partial charge < -0.3 is 9.64 Å². The van der Waals surface area contributed by atoms with Gasteiger partial charge in [-0.3, -0.25) is 13.9 Å². The van der Waals surface area contributed by atoms with Crippen LogP contribution in [0.25, 0.3) is 0 Å². The van der Waals surface area contributed by atoms with Crippen molar-refractivity contribution in [3.05, 3.63) is 26.4 Å². The van der Waals surface area contributed by atoms with E-state index in [1.807, 2.05) is 11.0 Å². The topological polar surface area (TPSA) is 80.3 Å². The molecule has 0 radical (unpaired) electrons. The lowest BCUT2D eigenvalue weighted by molar-refractivity contribution is 0.0437. The molecule has 0 N–H and O–H groups in total. The molecule has 0 amide bonds. The predicted octanol–water partition coefficient (Wildman–Crippen LogP) is 0.351. The molecule has 0 saturated carbocycles. The summed E-state index contributed by atoms with van der Waals surface area (Å²) >= 11 is 0. The van der Waals surface area contributed by atoms with Crippen molar-refractivity contribution in [1.82, 2.24) is 9.13 Å². The van der Waals surface area contributed by atoms with Crippen LogP contribution in [0.1, 0.15) is 31.7 Å². The summed E-state index contributed by atoms with van der Waals surface area (Å²) in [6.07, 6.45) is 2.88. The fourth-order valence-electron chi connectivity index (χ4n) is 2.85. The molecule has 0 spiro atoms. The van der Waals surface area contributed by atoms with E-state index >= 15 is 0 Å². The molecule has 1 atom stereocenters. The molecule has 1 aliphatic heterocycles. The van der Waals surface area contributed by atoms with Crippen molar-refractivity contribution in [2.24, 2.45) is 14.1 Å². The summed E-state index contributed by atoms with van der Waals surface area (Å²) in [5, 5.41) is 9.34. The van der Waals surface area contributed by atoms with Crippen molar-refractivity contribution in [1.29, 1.82) is 5.26 Å². The summed E-state index contributed by atoms with van der Waals surface area (Å²) in [5.41, 5.74) is -0.950. The summed E-state index contributed by atoms with van der Waals surface area (Å²) in [6.45, 7) is 4.05. The first-order valence-electron chi connectivity index (χ1n) is 7.57. The largest absolute Gasteiger partial charge is 0.376 e. The molecule has 1 aromatic rings.